The van der Waals surface area contributed by atoms with Crippen LogP contribution in [0.25, 0.3) is 0 Å². The molecule has 0 saturated carbocycles. The Morgan fingerprint density at radius 1 is 1.43 bits per heavy atom. The zero-order valence-corrected chi connectivity index (χ0v) is 8.80. The van der Waals surface area contributed by atoms with Gasteiger partial charge in [0.2, 0.25) is 0 Å². The Bertz CT molecular complexity index is 281. The van der Waals surface area contributed by atoms with E-state index in [0.29, 0.717) is 16.9 Å². The largest absolute Gasteiger partial charge is 0.417 e. The van der Waals surface area contributed by atoms with Crippen LogP contribution >= 0.6 is 23.6 Å². The second kappa shape index (κ2) is 5.48. The first-order valence-corrected chi connectivity index (χ1v) is 4.56. The fourth-order valence-electron chi connectivity index (χ4n) is 0.457. The fraction of sp³-hybridized carbons (Fsp3) is 0.250. The Morgan fingerprint density at radius 2 is 1.93 bits per heavy atom. The average Bonchev–Trinajstić information content (AvgIpc) is 2.10. The van der Waals surface area contributed by atoms with Gasteiger partial charge in [-0.15, -0.1) is 0 Å². The Hall–Kier alpha value is -0.390. The van der Waals surface area contributed by atoms with Crippen molar-refractivity contribution in [3.63, 3.8) is 0 Å². The van der Waals surface area contributed by atoms with Gasteiger partial charge in [-0.1, -0.05) is 18.2 Å². The van der Waals surface area contributed by atoms with Crippen LogP contribution in [0.4, 0.5) is 13.2 Å². The highest BCUT2D eigenvalue weighted by Crippen LogP contribution is 2.31. The molecule has 0 rings (SSSR count). The zero-order valence-electron chi connectivity index (χ0n) is 7.23. The molecule has 0 bridgehead atoms. The molecule has 0 saturated heterocycles. The zero-order chi connectivity index (χ0) is 11.4. The van der Waals surface area contributed by atoms with Crippen molar-refractivity contribution in [2.24, 2.45) is 0 Å². The summed E-state index contributed by atoms with van der Waals surface area (Å²) in [7, 11) is 0. The van der Waals surface area contributed by atoms with Crippen LogP contribution in [0.2, 0.25) is 0 Å². The maximum atomic E-state index is 12.0. The number of hydrogen-bond acceptors (Lipinski definition) is 2. The molecule has 0 spiro atoms. The minimum absolute atomic E-state index is 0.429. The molecule has 0 atom stereocenters. The van der Waals surface area contributed by atoms with Crippen LogP contribution in [0, 0.1) is 0 Å². The van der Waals surface area contributed by atoms with Crippen LogP contribution in [0.1, 0.15) is 6.92 Å². The van der Waals surface area contributed by atoms with Crippen molar-refractivity contribution in [2.75, 3.05) is 0 Å². The Morgan fingerprint density at radius 3 is 2.29 bits per heavy atom. The molecule has 0 aliphatic carbocycles. The van der Waals surface area contributed by atoms with Crippen molar-refractivity contribution < 1.29 is 17.7 Å². The molecule has 0 aromatic carbocycles. The lowest BCUT2D eigenvalue weighted by atomic mass is 10.2. The van der Waals surface area contributed by atoms with Gasteiger partial charge in [-0.05, 0) is 19.1 Å². The van der Waals surface area contributed by atoms with Gasteiger partial charge in [0.05, 0.1) is 10.6 Å². The first-order valence-electron chi connectivity index (χ1n) is 3.41. The molecule has 0 unspecified atom stereocenters. The van der Waals surface area contributed by atoms with E-state index in [1.807, 2.05) is 0 Å². The highest BCUT2D eigenvalue weighted by Gasteiger charge is 2.33. The molecule has 0 aromatic rings. The normalized spacial score (nSPS) is 14.4. The standard InChI is InChI=1S/C8H8ClF3OS/c1-5(14-13)3-4-7(9)6(2)8(10,11)12/h3-4,13H,2H2,1H3/b5-3+,7-4+. The lowest BCUT2D eigenvalue weighted by molar-refractivity contribution is -0.0882. The maximum absolute atomic E-state index is 12.0. The van der Waals surface area contributed by atoms with E-state index in [4.69, 9.17) is 16.2 Å². The van der Waals surface area contributed by atoms with Crippen molar-refractivity contribution >= 4 is 23.6 Å². The number of rotatable bonds is 3. The molecule has 1 nitrogen and oxygen atoms in total. The molecule has 0 aliphatic heterocycles. The molecule has 0 radical (unpaired) electrons. The van der Waals surface area contributed by atoms with Crippen LogP contribution in [-0.4, -0.2) is 10.7 Å². The van der Waals surface area contributed by atoms with Crippen LogP contribution in [-0.2, 0) is 0 Å². The number of alkyl halides is 3. The third-order valence-electron chi connectivity index (χ3n) is 1.24. The summed E-state index contributed by atoms with van der Waals surface area (Å²) in [5.41, 5.74) is -1.11. The summed E-state index contributed by atoms with van der Waals surface area (Å²) in [6.07, 6.45) is -2.22. The summed E-state index contributed by atoms with van der Waals surface area (Å²) < 4.78 is 44.5. The molecule has 14 heavy (non-hydrogen) atoms. The van der Waals surface area contributed by atoms with Crippen LogP contribution in [0.5, 0.6) is 0 Å². The van der Waals surface area contributed by atoms with Gasteiger partial charge in [0, 0.05) is 16.9 Å². The smallest absolute Gasteiger partial charge is 0.326 e. The van der Waals surface area contributed by atoms with E-state index in [2.05, 4.69) is 6.58 Å². The van der Waals surface area contributed by atoms with Crippen LogP contribution in [0.15, 0.2) is 34.2 Å². The highest BCUT2D eigenvalue weighted by molar-refractivity contribution is 7.97. The van der Waals surface area contributed by atoms with E-state index in [-0.39, 0.29) is 0 Å². The molecular weight excluding hydrogens is 237 g/mol. The Labute approximate surface area is 89.2 Å². The van der Waals surface area contributed by atoms with Gasteiger partial charge in [0.25, 0.3) is 0 Å². The fourth-order valence-corrected chi connectivity index (χ4v) is 0.756. The second-order valence-corrected chi connectivity index (χ2v) is 3.59. The van der Waals surface area contributed by atoms with Gasteiger partial charge >= 0.3 is 6.18 Å². The van der Waals surface area contributed by atoms with Gasteiger partial charge < -0.3 is 4.55 Å². The maximum Gasteiger partial charge on any atom is 0.417 e. The topological polar surface area (TPSA) is 20.2 Å². The van der Waals surface area contributed by atoms with Crippen molar-refractivity contribution in [2.45, 2.75) is 13.1 Å². The van der Waals surface area contributed by atoms with Gasteiger partial charge in [-0.25, -0.2) is 0 Å². The molecule has 0 fully saturated rings. The van der Waals surface area contributed by atoms with Gasteiger partial charge in [0.1, 0.15) is 0 Å². The third-order valence-corrected chi connectivity index (χ3v) is 2.02. The summed E-state index contributed by atoms with van der Waals surface area (Å²) in [4.78, 5) is 0.429. The van der Waals surface area contributed by atoms with Crippen LogP contribution < -0.4 is 0 Å². The predicted molar refractivity (Wildman–Crippen MR) is 53.1 cm³/mol. The average molecular weight is 245 g/mol. The third kappa shape index (κ3) is 4.74. The predicted octanol–water partition coefficient (Wildman–Crippen LogP) is 4.34. The number of allylic oxidation sites excluding steroid dienone is 5. The quantitative estimate of drug-likeness (QED) is 0.589. The number of hydrogen-bond donors (Lipinski definition) is 1. The number of halogens is 4. The van der Waals surface area contributed by atoms with E-state index in [1.54, 1.807) is 0 Å². The lowest BCUT2D eigenvalue weighted by Crippen LogP contribution is -2.10. The van der Waals surface area contributed by atoms with Crippen molar-refractivity contribution in [1.82, 2.24) is 0 Å². The molecule has 0 aromatic heterocycles. The first kappa shape index (κ1) is 13.6. The molecule has 1 N–H and O–H groups in total. The minimum atomic E-state index is -4.53. The minimum Gasteiger partial charge on any atom is -0.326 e. The molecule has 6 heteroatoms. The van der Waals surface area contributed by atoms with Crippen molar-refractivity contribution in [3.05, 3.63) is 34.2 Å². The monoisotopic (exact) mass is 244 g/mol. The van der Waals surface area contributed by atoms with E-state index in [1.165, 1.54) is 13.0 Å². The highest BCUT2D eigenvalue weighted by atomic mass is 35.5. The summed E-state index contributed by atoms with van der Waals surface area (Å²) in [5, 5.41) is -0.495. The molecule has 0 heterocycles. The summed E-state index contributed by atoms with van der Waals surface area (Å²) in [6.45, 7) is 4.34. The van der Waals surface area contributed by atoms with Gasteiger partial charge in [0.15, 0.2) is 0 Å². The van der Waals surface area contributed by atoms with E-state index in [0.717, 1.165) is 6.08 Å². The van der Waals surface area contributed by atoms with Gasteiger partial charge in [-0.3, -0.25) is 0 Å². The molecule has 80 valence electrons. The Kier molecular flexibility index (Phi) is 5.33. The lowest BCUT2D eigenvalue weighted by Gasteiger charge is -2.07. The molecule has 0 aliphatic rings. The van der Waals surface area contributed by atoms with E-state index in [9.17, 15) is 13.2 Å². The molecule has 0 amide bonds. The summed E-state index contributed by atoms with van der Waals surface area (Å²) in [6, 6.07) is 0. The summed E-state index contributed by atoms with van der Waals surface area (Å²) in [5.74, 6) is 0. The van der Waals surface area contributed by atoms with E-state index >= 15 is 0 Å². The Balaban J connectivity index is 4.64. The van der Waals surface area contributed by atoms with Gasteiger partial charge in [-0.2, -0.15) is 13.2 Å². The molecular formula is C8H8ClF3OS. The SMILES string of the molecule is C=C(/C(Cl)=C\C=C(/C)SO)C(F)(F)F. The second-order valence-electron chi connectivity index (χ2n) is 2.36. The first-order chi connectivity index (χ1) is 6.29. The van der Waals surface area contributed by atoms with Crippen molar-refractivity contribution in [3.8, 4) is 0 Å². The van der Waals surface area contributed by atoms with Crippen molar-refractivity contribution in [1.29, 1.82) is 0 Å². The van der Waals surface area contributed by atoms with Crippen LogP contribution in [0.3, 0.4) is 0 Å². The van der Waals surface area contributed by atoms with E-state index < -0.39 is 16.8 Å². The summed E-state index contributed by atoms with van der Waals surface area (Å²) >= 11 is 5.76.